The molecule has 3 rings (SSSR count). The molecular formula is C17H24FNO. The van der Waals surface area contributed by atoms with Gasteiger partial charge in [0.25, 0.3) is 0 Å². The summed E-state index contributed by atoms with van der Waals surface area (Å²) in [7, 11) is 0. The van der Waals surface area contributed by atoms with Crippen LogP contribution < -0.4 is 5.32 Å². The van der Waals surface area contributed by atoms with E-state index in [0.29, 0.717) is 11.5 Å². The third-order valence-electron chi connectivity index (χ3n) is 4.84. The van der Waals surface area contributed by atoms with Crippen molar-refractivity contribution in [3.63, 3.8) is 0 Å². The van der Waals surface area contributed by atoms with Crippen molar-refractivity contribution in [3.8, 4) is 0 Å². The summed E-state index contributed by atoms with van der Waals surface area (Å²) >= 11 is 0. The fourth-order valence-electron chi connectivity index (χ4n) is 3.79. The van der Waals surface area contributed by atoms with E-state index < -0.39 is 0 Å². The number of halogens is 1. The summed E-state index contributed by atoms with van der Waals surface area (Å²) in [5, 5.41) is 3.55. The first kappa shape index (κ1) is 14.0. The lowest BCUT2D eigenvalue weighted by Gasteiger charge is -2.48. The lowest BCUT2D eigenvalue weighted by molar-refractivity contribution is -0.159. The SMILES string of the molecule is CC1CCCC2(CNC(C)C(c3ccccc3F)O2)C1. The average Bonchev–Trinajstić information content (AvgIpc) is 2.43. The van der Waals surface area contributed by atoms with Crippen LogP contribution in [0, 0.1) is 11.7 Å². The highest BCUT2D eigenvalue weighted by atomic mass is 19.1. The highest BCUT2D eigenvalue weighted by molar-refractivity contribution is 5.22. The zero-order valence-corrected chi connectivity index (χ0v) is 12.4. The fourth-order valence-corrected chi connectivity index (χ4v) is 3.79. The molecule has 20 heavy (non-hydrogen) atoms. The zero-order valence-electron chi connectivity index (χ0n) is 12.4. The Morgan fingerprint density at radius 2 is 2.10 bits per heavy atom. The van der Waals surface area contributed by atoms with Gasteiger partial charge in [0.15, 0.2) is 0 Å². The number of ether oxygens (including phenoxy) is 1. The maximum atomic E-state index is 14.1. The first-order valence-electron chi connectivity index (χ1n) is 7.75. The standard InChI is InChI=1S/C17H24FNO/c1-12-6-5-9-17(10-12)11-19-13(2)16(20-17)14-7-3-4-8-15(14)18/h3-4,7-8,12-13,16,19H,5-6,9-11H2,1-2H3. The highest BCUT2D eigenvalue weighted by Crippen LogP contribution is 2.42. The molecule has 2 nitrogen and oxygen atoms in total. The maximum Gasteiger partial charge on any atom is 0.129 e. The molecule has 0 bridgehead atoms. The van der Waals surface area contributed by atoms with Crippen LogP contribution in [0.4, 0.5) is 4.39 Å². The summed E-state index contributed by atoms with van der Waals surface area (Å²) in [6.45, 7) is 5.26. The topological polar surface area (TPSA) is 21.3 Å². The van der Waals surface area contributed by atoms with E-state index in [1.165, 1.54) is 18.9 Å². The molecule has 1 aliphatic heterocycles. The van der Waals surface area contributed by atoms with Gasteiger partial charge in [0.05, 0.1) is 5.60 Å². The lowest BCUT2D eigenvalue weighted by Crippen LogP contribution is -2.56. The van der Waals surface area contributed by atoms with E-state index in [1.54, 1.807) is 6.07 Å². The fraction of sp³-hybridized carbons (Fsp3) is 0.647. The molecule has 2 aliphatic rings. The van der Waals surface area contributed by atoms with Gasteiger partial charge in [-0.15, -0.1) is 0 Å². The Morgan fingerprint density at radius 3 is 2.85 bits per heavy atom. The van der Waals surface area contributed by atoms with Crippen LogP contribution in [-0.2, 0) is 4.74 Å². The Bertz CT molecular complexity index is 478. The van der Waals surface area contributed by atoms with Gasteiger partial charge in [-0.1, -0.05) is 38.0 Å². The Balaban J connectivity index is 1.85. The van der Waals surface area contributed by atoms with Gasteiger partial charge in [0.2, 0.25) is 0 Å². The lowest BCUT2D eigenvalue weighted by atomic mass is 9.77. The van der Waals surface area contributed by atoms with Crippen molar-refractivity contribution in [3.05, 3.63) is 35.6 Å². The first-order chi connectivity index (χ1) is 9.60. The van der Waals surface area contributed by atoms with E-state index in [-0.39, 0.29) is 23.6 Å². The van der Waals surface area contributed by atoms with Gasteiger partial charge < -0.3 is 10.1 Å². The van der Waals surface area contributed by atoms with Crippen LogP contribution in [0.2, 0.25) is 0 Å². The van der Waals surface area contributed by atoms with E-state index in [0.717, 1.165) is 19.4 Å². The van der Waals surface area contributed by atoms with Crippen molar-refractivity contribution >= 4 is 0 Å². The molecule has 0 aromatic heterocycles. The maximum absolute atomic E-state index is 14.1. The van der Waals surface area contributed by atoms with Crippen LogP contribution in [0.1, 0.15) is 51.2 Å². The molecule has 2 fully saturated rings. The molecule has 110 valence electrons. The monoisotopic (exact) mass is 277 g/mol. The van der Waals surface area contributed by atoms with Crippen LogP contribution in [0.25, 0.3) is 0 Å². The molecule has 1 spiro atoms. The molecule has 1 saturated carbocycles. The predicted octanol–water partition coefficient (Wildman–Crippen LogP) is 3.82. The van der Waals surface area contributed by atoms with Crippen LogP contribution >= 0.6 is 0 Å². The second kappa shape index (κ2) is 5.45. The Kier molecular flexibility index (Phi) is 3.83. The molecular weight excluding hydrogens is 253 g/mol. The quantitative estimate of drug-likeness (QED) is 0.842. The van der Waals surface area contributed by atoms with Crippen molar-refractivity contribution < 1.29 is 9.13 Å². The normalized spacial score (nSPS) is 38.0. The van der Waals surface area contributed by atoms with E-state index >= 15 is 0 Å². The summed E-state index contributed by atoms with van der Waals surface area (Å²) in [6, 6.07) is 7.15. The van der Waals surface area contributed by atoms with Crippen molar-refractivity contribution in [2.75, 3.05) is 6.54 Å². The van der Waals surface area contributed by atoms with Gasteiger partial charge in [0.1, 0.15) is 11.9 Å². The minimum Gasteiger partial charge on any atom is -0.364 e. The summed E-state index contributed by atoms with van der Waals surface area (Å²) in [5.41, 5.74) is 0.585. The molecule has 1 heterocycles. The molecule has 1 aromatic rings. The number of hydrogen-bond donors (Lipinski definition) is 1. The smallest absolute Gasteiger partial charge is 0.129 e. The number of benzene rings is 1. The number of morpholine rings is 1. The molecule has 1 aliphatic carbocycles. The summed E-state index contributed by atoms with van der Waals surface area (Å²) in [5.74, 6) is 0.535. The van der Waals surface area contributed by atoms with Crippen molar-refractivity contribution in [1.29, 1.82) is 0 Å². The van der Waals surface area contributed by atoms with E-state index in [9.17, 15) is 4.39 Å². The first-order valence-corrected chi connectivity index (χ1v) is 7.75. The minimum atomic E-state index is -0.185. The molecule has 1 saturated heterocycles. The molecule has 3 heteroatoms. The Morgan fingerprint density at radius 1 is 1.30 bits per heavy atom. The average molecular weight is 277 g/mol. The van der Waals surface area contributed by atoms with Crippen LogP contribution in [0.3, 0.4) is 0 Å². The van der Waals surface area contributed by atoms with Crippen molar-refractivity contribution in [2.24, 2.45) is 5.92 Å². The van der Waals surface area contributed by atoms with Crippen molar-refractivity contribution in [2.45, 2.75) is 57.3 Å². The van der Waals surface area contributed by atoms with E-state index in [4.69, 9.17) is 4.74 Å². The van der Waals surface area contributed by atoms with Crippen LogP contribution in [0.15, 0.2) is 24.3 Å². The van der Waals surface area contributed by atoms with Gasteiger partial charge in [-0.2, -0.15) is 0 Å². The van der Waals surface area contributed by atoms with Gasteiger partial charge in [-0.3, -0.25) is 0 Å². The van der Waals surface area contributed by atoms with E-state index in [1.807, 2.05) is 12.1 Å². The van der Waals surface area contributed by atoms with Crippen molar-refractivity contribution in [1.82, 2.24) is 5.32 Å². The predicted molar refractivity (Wildman–Crippen MR) is 78.1 cm³/mol. The summed E-state index contributed by atoms with van der Waals surface area (Å²) in [4.78, 5) is 0. The number of rotatable bonds is 1. The second-order valence-electron chi connectivity index (χ2n) is 6.61. The summed E-state index contributed by atoms with van der Waals surface area (Å²) in [6.07, 6.45) is 4.47. The Labute approximate surface area is 120 Å². The molecule has 1 N–H and O–H groups in total. The largest absolute Gasteiger partial charge is 0.364 e. The van der Waals surface area contributed by atoms with Gasteiger partial charge >= 0.3 is 0 Å². The van der Waals surface area contributed by atoms with Gasteiger partial charge in [-0.05, 0) is 31.7 Å². The molecule has 4 unspecified atom stereocenters. The Hall–Kier alpha value is -0.930. The molecule has 0 amide bonds. The second-order valence-corrected chi connectivity index (χ2v) is 6.61. The summed E-state index contributed by atoms with van der Waals surface area (Å²) < 4.78 is 20.5. The van der Waals surface area contributed by atoms with Crippen LogP contribution in [-0.4, -0.2) is 18.2 Å². The third kappa shape index (κ3) is 2.61. The number of nitrogens with one attached hydrogen (secondary N) is 1. The molecule has 1 aromatic carbocycles. The van der Waals surface area contributed by atoms with E-state index in [2.05, 4.69) is 19.2 Å². The number of hydrogen-bond acceptors (Lipinski definition) is 2. The van der Waals surface area contributed by atoms with Gasteiger partial charge in [0, 0.05) is 18.2 Å². The minimum absolute atomic E-state index is 0.100. The third-order valence-corrected chi connectivity index (χ3v) is 4.84. The van der Waals surface area contributed by atoms with Gasteiger partial charge in [-0.25, -0.2) is 4.39 Å². The highest BCUT2D eigenvalue weighted by Gasteiger charge is 2.43. The van der Waals surface area contributed by atoms with Crippen LogP contribution in [0.5, 0.6) is 0 Å². The molecule has 0 radical (unpaired) electrons. The zero-order chi connectivity index (χ0) is 14.2. The molecule has 4 atom stereocenters.